The standard InChI is InChI=1S/C19H26N2O4/c1-13-8-10-20(12-13)19(23)16-5-4-9-21(16)18(22)15-7-6-14(24-2)11-17(15)25-3/h6-7,11,13,16H,4-5,8-10,12H2,1-3H3. The molecule has 136 valence electrons. The minimum Gasteiger partial charge on any atom is -0.497 e. The lowest BCUT2D eigenvalue weighted by atomic mass is 10.1. The molecule has 2 heterocycles. The van der Waals surface area contributed by atoms with Crippen LogP contribution in [0.4, 0.5) is 0 Å². The SMILES string of the molecule is COc1ccc(C(=O)N2CCCC2C(=O)N2CCC(C)C2)c(OC)c1. The molecule has 6 nitrogen and oxygen atoms in total. The number of likely N-dealkylation sites (tertiary alicyclic amines) is 2. The van der Waals surface area contributed by atoms with Crippen LogP contribution >= 0.6 is 0 Å². The van der Waals surface area contributed by atoms with Gasteiger partial charge in [-0.3, -0.25) is 9.59 Å². The third-order valence-electron chi connectivity index (χ3n) is 5.17. The fraction of sp³-hybridized carbons (Fsp3) is 0.579. The molecule has 25 heavy (non-hydrogen) atoms. The number of carbonyl (C=O) groups excluding carboxylic acids is 2. The number of benzene rings is 1. The Hall–Kier alpha value is -2.24. The van der Waals surface area contributed by atoms with E-state index in [0.717, 1.165) is 32.4 Å². The van der Waals surface area contributed by atoms with Crippen LogP contribution in [0.2, 0.25) is 0 Å². The predicted octanol–water partition coefficient (Wildman–Crippen LogP) is 2.18. The summed E-state index contributed by atoms with van der Waals surface area (Å²) in [5.74, 6) is 1.58. The van der Waals surface area contributed by atoms with Crippen molar-refractivity contribution in [2.75, 3.05) is 33.9 Å². The van der Waals surface area contributed by atoms with E-state index in [-0.39, 0.29) is 17.9 Å². The van der Waals surface area contributed by atoms with E-state index in [0.29, 0.717) is 29.5 Å². The molecule has 2 fully saturated rings. The summed E-state index contributed by atoms with van der Waals surface area (Å²) in [7, 11) is 3.10. The highest BCUT2D eigenvalue weighted by molar-refractivity contribution is 6.00. The molecule has 2 amide bonds. The van der Waals surface area contributed by atoms with Gasteiger partial charge < -0.3 is 19.3 Å². The van der Waals surface area contributed by atoms with Crippen molar-refractivity contribution < 1.29 is 19.1 Å². The number of amides is 2. The molecule has 1 aromatic carbocycles. The van der Waals surface area contributed by atoms with Crippen molar-refractivity contribution in [3.63, 3.8) is 0 Å². The molecule has 0 spiro atoms. The average Bonchev–Trinajstić information content (AvgIpc) is 3.29. The maximum absolute atomic E-state index is 13.1. The van der Waals surface area contributed by atoms with Gasteiger partial charge in [0.2, 0.25) is 5.91 Å². The number of nitrogens with zero attached hydrogens (tertiary/aromatic N) is 2. The van der Waals surface area contributed by atoms with Crippen LogP contribution in [0.15, 0.2) is 18.2 Å². The van der Waals surface area contributed by atoms with Crippen molar-refractivity contribution >= 4 is 11.8 Å². The van der Waals surface area contributed by atoms with Gasteiger partial charge in [-0.05, 0) is 37.3 Å². The minimum absolute atomic E-state index is 0.0858. The van der Waals surface area contributed by atoms with Crippen molar-refractivity contribution in [2.24, 2.45) is 5.92 Å². The summed E-state index contributed by atoms with van der Waals surface area (Å²) >= 11 is 0. The highest BCUT2D eigenvalue weighted by atomic mass is 16.5. The summed E-state index contributed by atoms with van der Waals surface area (Å²) in [6.45, 7) is 4.36. The van der Waals surface area contributed by atoms with Crippen molar-refractivity contribution in [3.8, 4) is 11.5 Å². The van der Waals surface area contributed by atoms with Gasteiger partial charge in [-0.2, -0.15) is 0 Å². The first kappa shape index (κ1) is 17.6. The van der Waals surface area contributed by atoms with Crippen LogP contribution in [0.3, 0.4) is 0 Å². The number of ether oxygens (including phenoxy) is 2. The summed E-state index contributed by atoms with van der Waals surface area (Å²) < 4.78 is 10.5. The van der Waals surface area contributed by atoms with E-state index < -0.39 is 0 Å². The molecule has 2 atom stereocenters. The molecule has 2 unspecified atom stereocenters. The molecule has 0 aliphatic carbocycles. The zero-order valence-corrected chi connectivity index (χ0v) is 15.2. The molecule has 0 N–H and O–H groups in total. The van der Waals surface area contributed by atoms with E-state index in [1.807, 2.05) is 4.90 Å². The first-order valence-electron chi connectivity index (χ1n) is 8.87. The van der Waals surface area contributed by atoms with Crippen LogP contribution in [0.5, 0.6) is 11.5 Å². The van der Waals surface area contributed by atoms with Crippen LogP contribution in [-0.4, -0.2) is 61.5 Å². The molecular weight excluding hydrogens is 320 g/mol. The number of hydrogen-bond acceptors (Lipinski definition) is 4. The van der Waals surface area contributed by atoms with Gasteiger partial charge >= 0.3 is 0 Å². The van der Waals surface area contributed by atoms with E-state index >= 15 is 0 Å². The lowest BCUT2D eigenvalue weighted by Gasteiger charge is -2.28. The fourth-order valence-corrected chi connectivity index (χ4v) is 3.74. The molecule has 2 aliphatic rings. The fourth-order valence-electron chi connectivity index (χ4n) is 3.74. The highest BCUT2D eigenvalue weighted by Crippen LogP contribution is 2.30. The van der Waals surface area contributed by atoms with Crippen LogP contribution in [0.25, 0.3) is 0 Å². The van der Waals surface area contributed by atoms with Gasteiger partial charge in [-0.1, -0.05) is 6.92 Å². The Bertz CT molecular complexity index is 661. The van der Waals surface area contributed by atoms with E-state index in [1.54, 1.807) is 30.2 Å². The third-order valence-corrected chi connectivity index (χ3v) is 5.17. The van der Waals surface area contributed by atoms with E-state index in [9.17, 15) is 9.59 Å². The second-order valence-electron chi connectivity index (χ2n) is 6.90. The highest BCUT2D eigenvalue weighted by Gasteiger charge is 2.39. The molecule has 0 radical (unpaired) electrons. The number of methoxy groups -OCH3 is 2. The Morgan fingerprint density at radius 1 is 1.12 bits per heavy atom. The summed E-state index contributed by atoms with van der Waals surface area (Å²) in [6.07, 6.45) is 2.62. The van der Waals surface area contributed by atoms with Gasteiger partial charge in [0, 0.05) is 25.7 Å². The van der Waals surface area contributed by atoms with Gasteiger partial charge in [-0.15, -0.1) is 0 Å². The number of rotatable bonds is 4. The smallest absolute Gasteiger partial charge is 0.258 e. The maximum atomic E-state index is 13.1. The summed E-state index contributed by atoms with van der Waals surface area (Å²) in [5, 5.41) is 0. The zero-order valence-electron chi connectivity index (χ0n) is 15.2. The lowest BCUT2D eigenvalue weighted by molar-refractivity contribution is -0.134. The lowest BCUT2D eigenvalue weighted by Crippen LogP contribution is -2.47. The Labute approximate surface area is 148 Å². The molecule has 2 saturated heterocycles. The molecule has 6 heteroatoms. The summed E-state index contributed by atoms with van der Waals surface area (Å²) in [5.41, 5.74) is 0.470. The van der Waals surface area contributed by atoms with Crippen LogP contribution in [-0.2, 0) is 4.79 Å². The molecular formula is C19H26N2O4. The summed E-state index contributed by atoms with van der Waals surface area (Å²) in [6, 6.07) is 4.79. The van der Waals surface area contributed by atoms with Crippen molar-refractivity contribution in [2.45, 2.75) is 32.2 Å². The Morgan fingerprint density at radius 2 is 1.92 bits per heavy atom. The first-order chi connectivity index (χ1) is 12.0. The van der Waals surface area contributed by atoms with Crippen LogP contribution in [0.1, 0.15) is 36.5 Å². The monoisotopic (exact) mass is 346 g/mol. The van der Waals surface area contributed by atoms with Crippen molar-refractivity contribution in [3.05, 3.63) is 23.8 Å². The zero-order chi connectivity index (χ0) is 18.0. The molecule has 0 bridgehead atoms. The Morgan fingerprint density at radius 3 is 2.56 bits per heavy atom. The van der Waals surface area contributed by atoms with Crippen molar-refractivity contribution in [1.82, 2.24) is 9.80 Å². The second-order valence-corrected chi connectivity index (χ2v) is 6.90. The van der Waals surface area contributed by atoms with Crippen LogP contribution in [0, 0.1) is 5.92 Å². The van der Waals surface area contributed by atoms with E-state index in [2.05, 4.69) is 6.92 Å². The quantitative estimate of drug-likeness (QED) is 0.838. The summed E-state index contributed by atoms with van der Waals surface area (Å²) in [4.78, 5) is 29.5. The molecule has 0 saturated carbocycles. The maximum Gasteiger partial charge on any atom is 0.258 e. The minimum atomic E-state index is -0.357. The van der Waals surface area contributed by atoms with Gasteiger partial charge in [0.15, 0.2) is 0 Å². The average molecular weight is 346 g/mol. The van der Waals surface area contributed by atoms with Crippen molar-refractivity contribution in [1.29, 1.82) is 0 Å². The number of hydrogen-bond donors (Lipinski definition) is 0. The predicted molar refractivity (Wildman–Crippen MR) is 94.0 cm³/mol. The largest absolute Gasteiger partial charge is 0.497 e. The molecule has 2 aliphatic heterocycles. The van der Waals surface area contributed by atoms with Gasteiger partial charge in [-0.25, -0.2) is 0 Å². The van der Waals surface area contributed by atoms with Gasteiger partial charge in [0.1, 0.15) is 17.5 Å². The molecule has 1 aromatic rings. The van der Waals surface area contributed by atoms with Gasteiger partial charge in [0.25, 0.3) is 5.91 Å². The van der Waals surface area contributed by atoms with Crippen LogP contribution < -0.4 is 9.47 Å². The third kappa shape index (κ3) is 3.43. The van der Waals surface area contributed by atoms with E-state index in [1.165, 1.54) is 7.11 Å². The second kappa shape index (κ2) is 7.33. The molecule has 3 rings (SSSR count). The first-order valence-corrected chi connectivity index (χ1v) is 8.87. The van der Waals surface area contributed by atoms with E-state index in [4.69, 9.17) is 9.47 Å². The normalized spacial score (nSPS) is 23.0. The topological polar surface area (TPSA) is 59.1 Å². The Kier molecular flexibility index (Phi) is 5.16. The van der Waals surface area contributed by atoms with Gasteiger partial charge in [0.05, 0.1) is 19.8 Å². The number of carbonyl (C=O) groups is 2. The molecule has 0 aromatic heterocycles. The Balaban J connectivity index is 1.80.